The number of amides is 2. The lowest BCUT2D eigenvalue weighted by molar-refractivity contribution is 0.212. The highest BCUT2D eigenvalue weighted by Crippen LogP contribution is 2.22. The molecule has 0 bridgehead atoms. The molecule has 114 valence electrons. The van der Waals surface area contributed by atoms with Crippen LogP contribution in [0.5, 0.6) is 0 Å². The summed E-state index contributed by atoms with van der Waals surface area (Å²) in [4.78, 5) is 14.0. The minimum atomic E-state index is -3.37. The van der Waals surface area contributed by atoms with E-state index in [1.165, 1.54) is 11.1 Å². The second-order valence-corrected chi connectivity index (χ2v) is 6.96. The third-order valence-electron chi connectivity index (χ3n) is 3.39. The largest absolute Gasteiger partial charge is 0.323 e. The number of fused-ring (bicyclic) bond motifs is 1. The van der Waals surface area contributed by atoms with Gasteiger partial charge in [0.05, 0.1) is 10.6 Å². The van der Waals surface area contributed by atoms with Crippen molar-refractivity contribution in [3.05, 3.63) is 48.2 Å². The summed E-state index contributed by atoms with van der Waals surface area (Å²) >= 11 is 0. The van der Waals surface area contributed by atoms with E-state index < -0.39 is 15.9 Å². The van der Waals surface area contributed by atoms with Crippen molar-refractivity contribution in [1.82, 2.24) is 15.1 Å². The monoisotopic (exact) mass is 318 g/mol. The van der Waals surface area contributed by atoms with Crippen LogP contribution in [0.2, 0.25) is 0 Å². The van der Waals surface area contributed by atoms with Crippen molar-refractivity contribution in [1.29, 1.82) is 0 Å². The Bertz CT molecular complexity index is 793. The molecule has 0 radical (unpaired) electrons. The number of carbonyl (C=O) groups is 1. The molecule has 22 heavy (non-hydrogen) atoms. The van der Waals surface area contributed by atoms with Gasteiger partial charge in [-0.05, 0) is 23.8 Å². The van der Waals surface area contributed by atoms with E-state index in [-0.39, 0.29) is 18.8 Å². The van der Waals surface area contributed by atoms with Crippen LogP contribution in [0.15, 0.2) is 47.5 Å². The van der Waals surface area contributed by atoms with Gasteiger partial charge in [0.25, 0.3) is 0 Å². The van der Waals surface area contributed by atoms with Crippen LogP contribution in [0.25, 0.3) is 0 Å². The van der Waals surface area contributed by atoms with E-state index in [0.717, 1.165) is 0 Å². The van der Waals surface area contributed by atoms with Crippen LogP contribution < -0.4 is 5.32 Å². The minimum absolute atomic E-state index is 0.0993. The Kier molecular flexibility index (Phi) is 3.76. The van der Waals surface area contributed by atoms with Gasteiger partial charge in [0.15, 0.2) is 15.7 Å². The number of nitrogens with zero attached hydrogens (tertiary/aromatic N) is 3. The van der Waals surface area contributed by atoms with Gasteiger partial charge in [0.1, 0.15) is 0 Å². The highest BCUT2D eigenvalue weighted by molar-refractivity contribution is 7.91. The average molecular weight is 318 g/mol. The van der Waals surface area contributed by atoms with Crippen LogP contribution in [0, 0.1) is 0 Å². The van der Waals surface area contributed by atoms with Gasteiger partial charge in [0.2, 0.25) is 0 Å². The smallest absolute Gasteiger partial charge is 0.319 e. The molecule has 7 nitrogen and oxygen atoms in total. The Balaban J connectivity index is 1.84. The van der Waals surface area contributed by atoms with Crippen molar-refractivity contribution in [2.24, 2.45) is 0 Å². The number of hydrogen-bond donors (Lipinski definition) is 1. The molecule has 3 rings (SSSR count). The first-order valence-corrected chi connectivity index (χ1v) is 8.36. The van der Waals surface area contributed by atoms with Crippen molar-refractivity contribution < 1.29 is 13.2 Å². The van der Waals surface area contributed by atoms with E-state index >= 15 is 0 Å². The lowest BCUT2D eigenvalue weighted by Gasteiger charge is -2.20. The molecule has 2 amide bonds. The summed E-state index contributed by atoms with van der Waals surface area (Å²) in [5, 5.41) is 10.1. The molecule has 1 aliphatic heterocycles. The van der Waals surface area contributed by atoms with E-state index in [1.807, 2.05) is 0 Å². The predicted molar refractivity (Wildman–Crippen MR) is 80.0 cm³/mol. The molecule has 1 aliphatic rings. The number of aromatic nitrogens is 2. The van der Waals surface area contributed by atoms with Gasteiger partial charge < -0.3 is 4.90 Å². The summed E-state index contributed by atoms with van der Waals surface area (Å²) in [6.45, 7) is 0.366. The van der Waals surface area contributed by atoms with E-state index in [9.17, 15) is 13.2 Å². The Morgan fingerprint density at radius 3 is 2.77 bits per heavy atom. The maximum atomic E-state index is 12.3. The second-order valence-electron chi connectivity index (χ2n) is 4.89. The lowest BCUT2D eigenvalue weighted by Crippen LogP contribution is -2.36. The van der Waals surface area contributed by atoms with E-state index in [1.54, 1.807) is 36.4 Å². The lowest BCUT2D eigenvalue weighted by atomic mass is 10.2. The van der Waals surface area contributed by atoms with E-state index in [0.29, 0.717) is 16.3 Å². The molecule has 0 saturated carbocycles. The molecule has 0 spiro atoms. The number of rotatable bonds is 1. The zero-order valence-corrected chi connectivity index (χ0v) is 12.5. The molecule has 0 atom stereocenters. The van der Waals surface area contributed by atoms with Crippen LogP contribution >= 0.6 is 0 Å². The normalized spacial score (nSPS) is 16.5. The summed E-state index contributed by atoms with van der Waals surface area (Å²) < 4.78 is 24.5. The van der Waals surface area contributed by atoms with Crippen molar-refractivity contribution in [3.8, 4) is 0 Å². The minimum Gasteiger partial charge on any atom is -0.319 e. The Morgan fingerprint density at radius 2 is 2.00 bits per heavy atom. The standard InChI is InChI=1S/C14H14N4O3S/c19-14(16-13-6-3-7-15-17-13)18-8-9-22(20,21)12-5-2-1-4-11(12)10-18/h1-7H,8-10H2,(H,16,17,19). The number of nitrogens with one attached hydrogen (secondary N) is 1. The van der Waals surface area contributed by atoms with Gasteiger partial charge in [-0.1, -0.05) is 18.2 Å². The predicted octanol–water partition coefficient (Wildman–Crippen LogP) is 1.30. The molecule has 0 aliphatic carbocycles. The third-order valence-corrected chi connectivity index (χ3v) is 5.18. The topological polar surface area (TPSA) is 92.3 Å². The maximum Gasteiger partial charge on any atom is 0.323 e. The molecule has 1 N–H and O–H groups in total. The molecule has 0 saturated heterocycles. The summed E-state index contributed by atoms with van der Waals surface area (Å²) in [5.74, 6) is 0.227. The summed E-state index contributed by atoms with van der Waals surface area (Å²) in [6.07, 6.45) is 1.50. The van der Waals surface area contributed by atoms with Crippen molar-refractivity contribution in [2.75, 3.05) is 17.6 Å². The van der Waals surface area contributed by atoms with Crippen LogP contribution in [-0.4, -0.2) is 41.8 Å². The molecular formula is C14H14N4O3S. The summed E-state index contributed by atoms with van der Waals surface area (Å²) in [5.41, 5.74) is 0.620. The number of carbonyl (C=O) groups excluding carboxylic acids is 1. The van der Waals surface area contributed by atoms with Crippen LogP contribution in [-0.2, 0) is 16.4 Å². The maximum absolute atomic E-state index is 12.3. The SMILES string of the molecule is O=C(Nc1cccnn1)N1CCS(=O)(=O)c2ccccc2C1. The fourth-order valence-electron chi connectivity index (χ4n) is 2.29. The highest BCUT2D eigenvalue weighted by atomic mass is 32.2. The summed E-state index contributed by atoms with van der Waals surface area (Å²) in [6, 6.07) is 9.63. The third kappa shape index (κ3) is 2.91. The van der Waals surface area contributed by atoms with Crippen molar-refractivity contribution in [3.63, 3.8) is 0 Å². The fraction of sp³-hybridized carbons (Fsp3) is 0.214. The molecule has 0 unspecified atom stereocenters. The van der Waals surface area contributed by atoms with Gasteiger partial charge in [-0.3, -0.25) is 5.32 Å². The van der Waals surface area contributed by atoms with E-state index in [2.05, 4.69) is 15.5 Å². The van der Waals surface area contributed by atoms with Gasteiger partial charge in [-0.15, -0.1) is 5.10 Å². The fourth-order valence-corrected chi connectivity index (χ4v) is 3.79. The van der Waals surface area contributed by atoms with Crippen molar-refractivity contribution in [2.45, 2.75) is 11.4 Å². The number of sulfone groups is 1. The second kappa shape index (κ2) is 5.72. The Labute approximate surface area is 127 Å². The Hall–Kier alpha value is -2.48. The number of benzene rings is 1. The number of hydrogen-bond acceptors (Lipinski definition) is 5. The first-order valence-electron chi connectivity index (χ1n) is 6.70. The summed E-state index contributed by atoms with van der Waals surface area (Å²) in [7, 11) is -3.37. The van der Waals surface area contributed by atoms with Crippen molar-refractivity contribution >= 4 is 21.7 Å². The quantitative estimate of drug-likeness (QED) is 0.855. The first-order chi connectivity index (χ1) is 10.6. The Morgan fingerprint density at radius 1 is 1.18 bits per heavy atom. The van der Waals surface area contributed by atoms with Crippen LogP contribution in [0.4, 0.5) is 10.6 Å². The van der Waals surface area contributed by atoms with E-state index in [4.69, 9.17) is 0 Å². The van der Waals surface area contributed by atoms with Gasteiger partial charge in [0, 0.05) is 19.3 Å². The van der Waals surface area contributed by atoms with Gasteiger partial charge >= 0.3 is 6.03 Å². The van der Waals surface area contributed by atoms with Gasteiger partial charge in [-0.2, -0.15) is 5.10 Å². The zero-order valence-electron chi connectivity index (χ0n) is 11.6. The molecular weight excluding hydrogens is 304 g/mol. The molecule has 1 aromatic carbocycles. The molecule has 8 heteroatoms. The highest BCUT2D eigenvalue weighted by Gasteiger charge is 2.27. The average Bonchev–Trinajstić information content (AvgIpc) is 2.65. The molecule has 2 aromatic rings. The molecule has 2 heterocycles. The number of urea groups is 1. The first kappa shape index (κ1) is 14.5. The zero-order chi connectivity index (χ0) is 15.6. The number of anilines is 1. The van der Waals surface area contributed by atoms with Gasteiger partial charge in [-0.25, -0.2) is 13.2 Å². The molecule has 0 fully saturated rings. The van der Waals surface area contributed by atoms with Crippen LogP contribution in [0.1, 0.15) is 5.56 Å². The molecule has 1 aromatic heterocycles. The van der Waals surface area contributed by atoms with Crippen LogP contribution in [0.3, 0.4) is 0 Å².